The highest BCUT2D eigenvalue weighted by Crippen LogP contribution is 2.54. The van der Waals surface area contributed by atoms with Gasteiger partial charge >= 0.3 is 11.9 Å². The molecule has 1 aromatic carbocycles. The van der Waals surface area contributed by atoms with E-state index in [2.05, 4.69) is 0 Å². The summed E-state index contributed by atoms with van der Waals surface area (Å²) in [6.07, 6.45) is 0.131. The van der Waals surface area contributed by atoms with Gasteiger partial charge in [0.2, 0.25) is 0 Å². The average molecular weight is 290 g/mol. The summed E-state index contributed by atoms with van der Waals surface area (Å²) in [7, 11) is 1.21. The number of phenols is 1. The molecule has 0 saturated heterocycles. The van der Waals surface area contributed by atoms with Crippen LogP contribution in [0.25, 0.3) is 0 Å². The summed E-state index contributed by atoms with van der Waals surface area (Å²) in [6, 6.07) is 4.56. The van der Waals surface area contributed by atoms with Gasteiger partial charge in [-0.05, 0) is 23.3 Å². The smallest absolute Gasteiger partial charge is 0.310 e. The Bertz CT molecular complexity index is 650. The Balaban J connectivity index is 2.21. The third kappa shape index (κ3) is 1.82. The van der Waals surface area contributed by atoms with Crippen molar-refractivity contribution >= 4 is 17.7 Å². The van der Waals surface area contributed by atoms with Crippen LogP contribution in [0.5, 0.6) is 5.75 Å². The third-order valence-corrected chi connectivity index (χ3v) is 4.51. The first kappa shape index (κ1) is 13.6. The summed E-state index contributed by atoms with van der Waals surface area (Å²) < 4.78 is 4.73. The van der Waals surface area contributed by atoms with Gasteiger partial charge in [-0.1, -0.05) is 6.07 Å². The number of hydrogen-bond acceptors (Lipinski definition) is 5. The van der Waals surface area contributed by atoms with Crippen LogP contribution in [0, 0.1) is 11.8 Å². The molecule has 0 heterocycles. The number of aliphatic carboxylic acids is 1. The number of ketones is 1. The zero-order valence-electron chi connectivity index (χ0n) is 11.3. The van der Waals surface area contributed by atoms with E-state index in [0.29, 0.717) is 5.56 Å². The number of Topliss-reactive ketones (excluding diaryl/α,β-unsaturated/α-hetero) is 1. The lowest BCUT2D eigenvalue weighted by molar-refractivity contribution is -0.162. The molecule has 0 spiro atoms. The highest BCUT2D eigenvalue weighted by molar-refractivity contribution is 5.98. The topological polar surface area (TPSA) is 101 Å². The molecule has 21 heavy (non-hydrogen) atoms. The number of rotatable bonds is 2. The van der Waals surface area contributed by atoms with E-state index in [1.165, 1.54) is 19.2 Å². The molecule has 0 aliphatic heterocycles. The second-order valence-electron chi connectivity index (χ2n) is 5.48. The van der Waals surface area contributed by atoms with Crippen molar-refractivity contribution < 1.29 is 29.3 Å². The van der Waals surface area contributed by atoms with Crippen molar-refractivity contribution in [2.75, 3.05) is 7.11 Å². The number of esters is 1. The van der Waals surface area contributed by atoms with Crippen molar-refractivity contribution in [3.8, 4) is 5.75 Å². The molecule has 2 N–H and O–H groups in total. The van der Waals surface area contributed by atoms with Crippen LogP contribution in [0.2, 0.25) is 0 Å². The molecule has 4 unspecified atom stereocenters. The van der Waals surface area contributed by atoms with Crippen molar-refractivity contribution in [1.82, 2.24) is 0 Å². The van der Waals surface area contributed by atoms with E-state index in [-0.39, 0.29) is 18.0 Å². The fraction of sp³-hybridized carbons (Fsp3) is 0.400. The quantitative estimate of drug-likeness (QED) is 0.789. The van der Waals surface area contributed by atoms with E-state index >= 15 is 0 Å². The number of carboxylic acid groups (broad SMARTS) is 1. The molecule has 2 bridgehead atoms. The summed E-state index contributed by atoms with van der Waals surface area (Å²) in [5.41, 5.74) is 1.27. The monoisotopic (exact) mass is 290 g/mol. The molecule has 6 nitrogen and oxygen atoms in total. The molecule has 4 rings (SSSR count). The molecular formula is C15H14O6. The van der Waals surface area contributed by atoms with Gasteiger partial charge in [-0.3, -0.25) is 14.4 Å². The van der Waals surface area contributed by atoms with Crippen molar-refractivity contribution in [2.24, 2.45) is 11.8 Å². The fourth-order valence-corrected chi connectivity index (χ4v) is 3.71. The van der Waals surface area contributed by atoms with Crippen molar-refractivity contribution in [2.45, 2.75) is 18.3 Å². The molecule has 1 aromatic rings. The standard InChI is InChI=1S/C15H14O6/c1-21-15(20)12-9-5-10(17)11(13(12)14(18)19)8-4-6(16)2-3-7(8)9/h2-4,9,11-13,16H,5H2,1H3,(H,18,19). The molecule has 6 heteroatoms. The number of ether oxygens (including phenoxy) is 1. The first-order valence-corrected chi connectivity index (χ1v) is 6.62. The number of carbonyl (C=O) groups excluding carboxylic acids is 2. The number of aromatic hydroxyl groups is 1. The molecule has 0 aromatic heterocycles. The van der Waals surface area contributed by atoms with Gasteiger partial charge in [-0.25, -0.2) is 0 Å². The number of carbonyl (C=O) groups is 3. The van der Waals surface area contributed by atoms with Crippen molar-refractivity contribution in [3.63, 3.8) is 0 Å². The average Bonchev–Trinajstić information content (AvgIpc) is 2.45. The summed E-state index contributed by atoms with van der Waals surface area (Å²) in [5.74, 6) is -5.44. The lowest BCUT2D eigenvalue weighted by atomic mass is 9.55. The van der Waals surface area contributed by atoms with E-state index in [1.54, 1.807) is 6.07 Å². The molecule has 3 aliphatic carbocycles. The largest absolute Gasteiger partial charge is 0.508 e. The maximum absolute atomic E-state index is 12.2. The number of phenolic OH excluding ortho intramolecular Hbond substituents is 1. The van der Waals surface area contributed by atoms with E-state index < -0.39 is 35.6 Å². The van der Waals surface area contributed by atoms with Gasteiger partial charge in [-0.15, -0.1) is 0 Å². The predicted molar refractivity (Wildman–Crippen MR) is 69.8 cm³/mol. The van der Waals surface area contributed by atoms with Gasteiger partial charge in [0.1, 0.15) is 11.5 Å². The molecule has 110 valence electrons. The van der Waals surface area contributed by atoms with E-state index in [9.17, 15) is 24.6 Å². The SMILES string of the molecule is COC(=O)C1C2CC(=O)C(c3cc(O)ccc32)C1C(=O)O. The number of carboxylic acids is 1. The maximum atomic E-state index is 12.2. The zero-order valence-corrected chi connectivity index (χ0v) is 11.3. The van der Waals surface area contributed by atoms with Crippen LogP contribution in [0.1, 0.15) is 29.4 Å². The molecule has 0 amide bonds. The molecule has 0 radical (unpaired) electrons. The lowest BCUT2D eigenvalue weighted by Crippen LogP contribution is -2.50. The number of hydrogen-bond donors (Lipinski definition) is 2. The first-order chi connectivity index (χ1) is 9.95. The van der Waals surface area contributed by atoms with E-state index in [1.807, 2.05) is 0 Å². The van der Waals surface area contributed by atoms with Crippen LogP contribution in [-0.2, 0) is 19.1 Å². The third-order valence-electron chi connectivity index (χ3n) is 4.51. The molecule has 1 fully saturated rings. The summed E-state index contributed by atoms with van der Waals surface area (Å²) in [5, 5.41) is 19.1. The normalized spacial score (nSPS) is 29.9. The van der Waals surface area contributed by atoms with E-state index in [4.69, 9.17) is 4.74 Å². The summed E-state index contributed by atoms with van der Waals surface area (Å²) in [4.78, 5) is 35.8. The van der Waals surface area contributed by atoms with Crippen LogP contribution in [0.4, 0.5) is 0 Å². The first-order valence-electron chi connectivity index (χ1n) is 6.62. The minimum Gasteiger partial charge on any atom is -0.508 e. The number of benzene rings is 1. The van der Waals surface area contributed by atoms with Crippen LogP contribution < -0.4 is 0 Å². The van der Waals surface area contributed by atoms with Gasteiger partial charge < -0.3 is 14.9 Å². The van der Waals surface area contributed by atoms with Crippen LogP contribution in [0.15, 0.2) is 18.2 Å². The molecule has 1 saturated carbocycles. The lowest BCUT2D eigenvalue weighted by Gasteiger charge is -2.45. The highest BCUT2D eigenvalue weighted by Gasteiger charge is 2.57. The fourth-order valence-electron chi connectivity index (χ4n) is 3.71. The van der Waals surface area contributed by atoms with Gasteiger partial charge in [0.15, 0.2) is 0 Å². The molecular weight excluding hydrogens is 276 g/mol. The van der Waals surface area contributed by atoms with Crippen molar-refractivity contribution in [3.05, 3.63) is 29.3 Å². The van der Waals surface area contributed by atoms with Crippen molar-refractivity contribution in [1.29, 1.82) is 0 Å². The second kappa shape index (κ2) is 4.58. The Kier molecular flexibility index (Phi) is 2.97. The second-order valence-corrected chi connectivity index (χ2v) is 5.48. The summed E-state index contributed by atoms with van der Waals surface area (Å²) >= 11 is 0. The van der Waals surface area contributed by atoms with Gasteiger partial charge in [-0.2, -0.15) is 0 Å². The zero-order chi connectivity index (χ0) is 15.3. The Labute approximate surface area is 120 Å². The molecule has 3 aliphatic rings. The van der Waals surface area contributed by atoms with Crippen LogP contribution in [0.3, 0.4) is 0 Å². The van der Waals surface area contributed by atoms with Crippen LogP contribution in [-0.4, -0.2) is 35.0 Å². The highest BCUT2D eigenvalue weighted by atomic mass is 16.5. The Morgan fingerprint density at radius 3 is 2.57 bits per heavy atom. The number of fused-ring (bicyclic) bond motifs is 2. The maximum Gasteiger partial charge on any atom is 0.310 e. The summed E-state index contributed by atoms with van der Waals surface area (Å²) in [6.45, 7) is 0. The van der Waals surface area contributed by atoms with Gasteiger partial charge in [0.25, 0.3) is 0 Å². The predicted octanol–water partition coefficient (Wildman–Crippen LogP) is 1.04. The minimum atomic E-state index is -1.19. The Hall–Kier alpha value is -2.37. The van der Waals surface area contributed by atoms with Gasteiger partial charge in [0.05, 0.1) is 24.9 Å². The molecule has 4 atom stereocenters. The minimum absolute atomic E-state index is 0.0205. The Morgan fingerprint density at radius 2 is 1.95 bits per heavy atom. The van der Waals surface area contributed by atoms with Gasteiger partial charge in [0, 0.05) is 12.3 Å². The Morgan fingerprint density at radius 1 is 1.24 bits per heavy atom. The van der Waals surface area contributed by atoms with Crippen LogP contribution >= 0.6 is 0 Å². The van der Waals surface area contributed by atoms with E-state index in [0.717, 1.165) is 5.56 Å². The number of methoxy groups -OCH3 is 1.